The van der Waals surface area contributed by atoms with E-state index in [-0.39, 0.29) is 10.8 Å². The van der Waals surface area contributed by atoms with Crippen LogP contribution in [-0.2, 0) is 19.6 Å². The Morgan fingerprint density at radius 3 is 2.43 bits per heavy atom. The first-order valence-corrected chi connectivity index (χ1v) is 9.15. The molecular formula is C16H23NO5S. The normalized spacial score (nSPS) is 17.1. The van der Waals surface area contributed by atoms with Crippen LogP contribution >= 0.6 is 0 Å². The Hall–Kier alpha value is -1.44. The minimum atomic E-state index is -4.31. The number of carbonyl (C=O) groups excluding carboxylic acids is 1. The van der Waals surface area contributed by atoms with E-state index in [1.54, 1.807) is 17.9 Å². The average Bonchev–Trinajstić information content (AvgIpc) is 2.50. The second-order valence-electron chi connectivity index (χ2n) is 5.79. The molecule has 128 valence electrons. The quantitative estimate of drug-likeness (QED) is 0.846. The lowest BCUT2D eigenvalue weighted by molar-refractivity contribution is -0.137. The molecule has 1 atom stereocenters. The minimum absolute atomic E-state index is 0.0190. The summed E-state index contributed by atoms with van der Waals surface area (Å²) in [7, 11) is -4.31. The van der Waals surface area contributed by atoms with E-state index in [0.717, 1.165) is 5.56 Å². The van der Waals surface area contributed by atoms with E-state index in [0.29, 0.717) is 43.9 Å². The smallest absolute Gasteiger partial charge is 0.294 e. The molecule has 0 aromatic heterocycles. The fourth-order valence-corrected chi connectivity index (χ4v) is 3.90. The molecule has 1 fully saturated rings. The van der Waals surface area contributed by atoms with Gasteiger partial charge in [0.15, 0.2) is 0 Å². The highest BCUT2D eigenvalue weighted by Gasteiger charge is 2.30. The summed E-state index contributed by atoms with van der Waals surface area (Å²) >= 11 is 0. The van der Waals surface area contributed by atoms with Crippen LogP contribution in [-0.4, -0.2) is 50.1 Å². The third-order valence-electron chi connectivity index (χ3n) is 4.34. The van der Waals surface area contributed by atoms with Crippen molar-refractivity contribution in [2.45, 2.75) is 38.0 Å². The van der Waals surface area contributed by atoms with E-state index >= 15 is 0 Å². The predicted octanol–water partition coefficient (Wildman–Crippen LogP) is 1.90. The number of amides is 1. The van der Waals surface area contributed by atoms with Gasteiger partial charge in [-0.15, -0.1) is 0 Å². The summed E-state index contributed by atoms with van der Waals surface area (Å²) in [5.74, 6) is -0.440. The number of hydrogen-bond acceptors (Lipinski definition) is 4. The molecule has 1 heterocycles. The molecule has 23 heavy (non-hydrogen) atoms. The second-order valence-corrected chi connectivity index (χ2v) is 7.18. The van der Waals surface area contributed by atoms with Crippen LogP contribution in [0.1, 0.15) is 36.0 Å². The summed E-state index contributed by atoms with van der Waals surface area (Å²) in [6, 6.07) is 3.02. The lowest BCUT2D eigenvalue weighted by atomic mass is 9.87. The molecule has 6 nitrogen and oxygen atoms in total. The van der Waals surface area contributed by atoms with Crippen molar-refractivity contribution in [3.8, 4) is 0 Å². The molecule has 1 unspecified atom stereocenters. The Labute approximate surface area is 137 Å². The SMILES string of the molecule is CCC(C(=O)N1CCOCC1)c1c(C)ccc(S(=O)(=O)O)c1C. The molecule has 1 N–H and O–H groups in total. The molecule has 2 rings (SSSR count). The molecule has 0 saturated carbocycles. The van der Waals surface area contributed by atoms with Crippen LogP contribution in [0.5, 0.6) is 0 Å². The van der Waals surface area contributed by atoms with Gasteiger partial charge in [-0.3, -0.25) is 9.35 Å². The molecule has 1 saturated heterocycles. The molecule has 0 bridgehead atoms. The number of ether oxygens (including phenoxy) is 1. The third kappa shape index (κ3) is 3.73. The van der Waals surface area contributed by atoms with Gasteiger partial charge in [-0.05, 0) is 43.0 Å². The maximum Gasteiger partial charge on any atom is 0.294 e. The Kier molecular flexibility index (Phi) is 5.44. The molecule has 7 heteroatoms. The van der Waals surface area contributed by atoms with Crippen LogP contribution in [0.15, 0.2) is 17.0 Å². The lowest BCUT2D eigenvalue weighted by Crippen LogP contribution is -2.43. The molecule has 1 aliphatic heterocycles. The number of benzene rings is 1. The van der Waals surface area contributed by atoms with Crippen LogP contribution in [0, 0.1) is 13.8 Å². The molecule has 0 aliphatic carbocycles. The summed E-state index contributed by atoms with van der Waals surface area (Å²) in [6.45, 7) is 7.53. The first-order chi connectivity index (χ1) is 10.8. The Morgan fingerprint density at radius 1 is 1.30 bits per heavy atom. The number of aryl methyl sites for hydroxylation is 1. The lowest BCUT2D eigenvalue weighted by Gasteiger charge is -2.31. The Balaban J connectivity index is 2.47. The zero-order chi connectivity index (χ0) is 17.2. The minimum Gasteiger partial charge on any atom is -0.378 e. The maximum atomic E-state index is 12.9. The second kappa shape index (κ2) is 6.98. The first-order valence-electron chi connectivity index (χ1n) is 7.71. The van der Waals surface area contributed by atoms with E-state index in [2.05, 4.69) is 0 Å². The predicted molar refractivity (Wildman–Crippen MR) is 86.2 cm³/mol. The number of hydrogen-bond donors (Lipinski definition) is 1. The van der Waals surface area contributed by atoms with Gasteiger partial charge in [-0.2, -0.15) is 8.42 Å². The van der Waals surface area contributed by atoms with E-state index in [1.165, 1.54) is 6.07 Å². The van der Waals surface area contributed by atoms with E-state index in [4.69, 9.17) is 4.74 Å². The van der Waals surface area contributed by atoms with Crippen LogP contribution in [0.4, 0.5) is 0 Å². The van der Waals surface area contributed by atoms with E-state index in [1.807, 2.05) is 13.8 Å². The molecule has 1 aromatic rings. The van der Waals surface area contributed by atoms with Crippen LogP contribution in [0.3, 0.4) is 0 Å². The number of nitrogens with zero attached hydrogens (tertiary/aromatic N) is 1. The van der Waals surface area contributed by atoms with Gasteiger partial charge in [0, 0.05) is 13.1 Å². The van der Waals surface area contributed by atoms with Gasteiger partial charge in [0.25, 0.3) is 10.1 Å². The van der Waals surface area contributed by atoms with Crippen molar-refractivity contribution >= 4 is 16.0 Å². The fourth-order valence-electron chi connectivity index (χ4n) is 3.17. The highest BCUT2D eigenvalue weighted by atomic mass is 32.2. The van der Waals surface area contributed by atoms with E-state index in [9.17, 15) is 17.8 Å². The van der Waals surface area contributed by atoms with E-state index < -0.39 is 16.0 Å². The summed E-state index contributed by atoms with van der Waals surface area (Å²) in [4.78, 5) is 14.5. The third-order valence-corrected chi connectivity index (χ3v) is 5.34. The standard InChI is InChI=1S/C16H23NO5S/c1-4-13(16(18)17-7-9-22-10-8-17)15-11(2)5-6-14(12(15)3)23(19,20)21/h5-6,13H,4,7-10H2,1-3H3,(H,19,20,21). The molecule has 1 amide bonds. The van der Waals surface area contributed by atoms with Gasteiger partial charge in [0.1, 0.15) is 0 Å². The highest BCUT2D eigenvalue weighted by Crippen LogP contribution is 2.32. The Morgan fingerprint density at radius 2 is 1.91 bits per heavy atom. The van der Waals surface area contributed by atoms with Gasteiger partial charge in [0.2, 0.25) is 5.91 Å². The van der Waals surface area contributed by atoms with Gasteiger partial charge < -0.3 is 9.64 Å². The number of rotatable bonds is 4. The zero-order valence-corrected chi connectivity index (χ0v) is 14.5. The van der Waals surface area contributed by atoms with Gasteiger partial charge in [-0.25, -0.2) is 0 Å². The largest absolute Gasteiger partial charge is 0.378 e. The maximum absolute atomic E-state index is 12.9. The van der Waals surface area contributed by atoms with Crippen molar-refractivity contribution in [1.82, 2.24) is 4.90 Å². The fraction of sp³-hybridized carbons (Fsp3) is 0.562. The summed E-state index contributed by atoms with van der Waals surface area (Å²) in [6.07, 6.45) is 0.562. The van der Waals surface area contributed by atoms with Crippen molar-refractivity contribution in [2.75, 3.05) is 26.3 Å². The van der Waals surface area contributed by atoms with Crippen molar-refractivity contribution in [1.29, 1.82) is 0 Å². The van der Waals surface area contributed by atoms with Crippen molar-refractivity contribution in [2.24, 2.45) is 0 Å². The highest BCUT2D eigenvalue weighted by molar-refractivity contribution is 7.85. The monoisotopic (exact) mass is 341 g/mol. The van der Waals surface area contributed by atoms with Gasteiger partial charge >= 0.3 is 0 Å². The summed E-state index contributed by atoms with van der Waals surface area (Å²) < 4.78 is 37.7. The Bertz CT molecular complexity index is 693. The number of morpholine rings is 1. The molecule has 1 aromatic carbocycles. The number of carbonyl (C=O) groups is 1. The van der Waals surface area contributed by atoms with Crippen LogP contribution < -0.4 is 0 Å². The molecular weight excluding hydrogens is 318 g/mol. The molecule has 0 spiro atoms. The summed E-state index contributed by atoms with van der Waals surface area (Å²) in [5.41, 5.74) is 1.99. The average molecular weight is 341 g/mol. The molecule has 1 aliphatic rings. The van der Waals surface area contributed by atoms with Crippen LogP contribution in [0.2, 0.25) is 0 Å². The first kappa shape index (κ1) is 17.9. The van der Waals surface area contributed by atoms with Gasteiger partial charge in [-0.1, -0.05) is 13.0 Å². The van der Waals surface area contributed by atoms with Gasteiger partial charge in [0.05, 0.1) is 24.0 Å². The van der Waals surface area contributed by atoms with Crippen molar-refractivity contribution in [3.05, 3.63) is 28.8 Å². The topological polar surface area (TPSA) is 83.9 Å². The molecule has 0 radical (unpaired) electrons. The van der Waals surface area contributed by atoms with Crippen molar-refractivity contribution in [3.63, 3.8) is 0 Å². The van der Waals surface area contributed by atoms with Crippen molar-refractivity contribution < 1.29 is 22.5 Å². The summed E-state index contributed by atoms with van der Waals surface area (Å²) in [5, 5.41) is 0. The van der Waals surface area contributed by atoms with Crippen LogP contribution in [0.25, 0.3) is 0 Å². The zero-order valence-electron chi connectivity index (χ0n) is 13.7.